The van der Waals surface area contributed by atoms with E-state index in [-0.39, 0.29) is 172 Å². The molecule has 454 valence electrons. The number of amides is 10. The molecule has 6 atom stereocenters. The molecule has 0 aromatic carbocycles. The molecule has 2 saturated heterocycles. The second-order valence-electron chi connectivity index (χ2n) is 19.4. The number of hydrogen-bond acceptors (Lipinski definition) is 18. The molecule has 0 aliphatic carbocycles. The molecule has 79 heavy (non-hydrogen) atoms. The summed E-state index contributed by atoms with van der Waals surface area (Å²) in [5.74, 6) is -2.08. The van der Waals surface area contributed by atoms with Crippen LogP contribution in [-0.4, -0.2) is 205 Å². The van der Waals surface area contributed by atoms with Crippen LogP contribution in [0.4, 0.5) is 4.79 Å². The molecule has 10 amide bonds. The number of ether oxygens (including phenoxy) is 4. The summed E-state index contributed by atoms with van der Waals surface area (Å²) >= 11 is 1.82. The highest BCUT2D eigenvalue weighted by Crippen LogP contribution is 2.33. The lowest BCUT2D eigenvalue weighted by Crippen LogP contribution is -2.47. The van der Waals surface area contributed by atoms with Crippen LogP contribution in [0.25, 0.3) is 0 Å². The van der Waals surface area contributed by atoms with Crippen molar-refractivity contribution >= 4 is 76.6 Å². The van der Waals surface area contributed by atoms with Crippen LogP contribution in [0.15, 0.2) is 0 Å². The van der Waals surface area contributed by atoms with Crippen LogP contribution >= 0.6 is 11.8 Å². The number of carbonyl (C=O) groups excluding carboxylic acids is 11. The van der Waals surface area contributed by atoms with Gasteiger partial charge in [0.25, 0.3) is 0 Å². The summed E-state index contributed by atoms with van der Waals surface area (Å²) in [6.45, 7) is 5.42. The molecule has 28 heteroatoms. The Bertz CT molecular complexity index is 1920. The van der Waals surface area contributed by atoms with Gasteiger partial charge in [-0.05, 0) is 90.9 Å². The van der Waals surface area contributed by atoms with Gasteiger partial charge in [-0.25, -0.2) is 4.79 Å². The standard InChI is InChI=1S/C51H90N12O15S.2H2/c1-35(64)30-59-37(48(52)71)12-5-8-20-55-45(69)32-77-28-27-76-25-23-57-46(70)33-78-29-26-75-24-22-56-43(67)18-11-17-42(66)54-19-9-7-14-39(50(73)58-21-10-6-13-38(49(53)72)60-31-36(2)65)61-44(68)16-4-3-15-41-47-40(34-79-41)62-51(74)63-47;;/h37-41,47,59-60H,3-34H2,1-2H3,(H2,52,71)(H2,53,72)(H,54,66)(H,55,69)(H,56,67)(H,57,70)(H,58,73)(H,61,68)(H2,62,63,74);2*1H/t37-,38-,39-,40-,41-,47-;;/m0../s1. The lowest BCUT2D eigenvalue weighted by Gasteiger charge is -2.19. The maximum absolute atomic E-state index is 13.3. The number of hydrogen-bond donors (Lipinski definition) is 12. The highest BCUT2D eigenvalue weighted by Gasteiger charge is 2.42. The first-order valence-electron chi connectivity index (χ1n) is 27.6. The fourth-order valence-corrected chi connectivity index (χ4v) is 9.77. The molecular formula is C51H94N12O15S. The summed E-state index contributed by atoms with van der Waals surface area (Å²) in [5, 5.41) is 28.6. The van der Waals surface area contributed by atoms with Crippen molar-refractivity contribution in [3.63, 3.8) is 0 Å². The van der Waals surface area contributed by atoms with Gasteiger partial charge < -0.3 is 72.9 Å². The molecule has 0 bridgehead atoms. The number of Topliss-reactive ketones (excluding diaryl/α,β-unsaturated/α-hetero) is 2. The van der Waals surface area contributed by atoms with E-state index < -0.39 is 29.9 Å². The van der Waals surface area contributed by atoms with E-state index in [0.29, 0.717) is 90.3 Å². The molecule has 2 rings (SSSR count). The summed E-state index contributed by atoms with van der Waals surface area (Å²) in [6.07, 6.45) is 7.81. The van der Waals surface area contributed by atoms with Crippen LogP contribution in [0, 0.1) is 0 Å². The van der Waals surface area contributed by atoms with Crippen molar-refractivity contribution in [1.29, 1.82) is 0 Å². The van der Waals surface area contributed by atoms with E-state index in [1.54, 1.807) is 0 Å². The Hall–Kier alpha value is -5.52. The number of nitrogens with one attached hydrogen (secondary N) is 10. The molecule has 2 aliphatic heterocycles. The Morgan fingerprint density at radius 2 is 0.987 bits per heavy atom. The maximum Gasteiger partial charge on any atom is 0.315 e. The Balaban J connectivity index is 0.0000320. The summed E-state index contributed by atoms with van der Waals surface area (Å²) in [6, 6.07) is -1.97. The maximum atomic E-state index is 13.3. The summed E-state index contributed by atoms with van der Waals surface area (Å²) in [5.41, 5.74) is 10.8. The first-order chi connectivity index (χ1) is 37.9. The summed E-state index contributed by atoms with van der Waals surface area (Å²) in [7, 11) is 0. The molecule has 2 aliphatic rings. The topological polar surface area (TPSA) is 397 Å². The van der Waals surface area contributed by atoms with E-state index in [2.05, 4.69) is 53.2 Å². The zero-order chi connectivity index (χ0) is 58.0. The van der Waals surface area contributed by atoms with Gasteiger partial charge >= 0.3 is 6.03 Å². The number of unbranched alkanes of at least 4 members (excludes halogenated alkanes) is 4. The van der Waals surface area contributed by atoms with E-state index in [9.17, 15) is 52.7 Å². The van der Waals surface area contributed by atoms with Crippen LogP contribution in [0.1, 0.15) is 119 Å². The van der Waals surface area contributed by atoms with Gasteiger partial charge in [-0.15, -0.1) is 0 Å². The first kappa shape index (κ1) is 69.6. The highest BCUT2D eigenvalue weighted by molar-refractivity contribution is 8.00. The first-order valence-corrected chi connectivity index (χ1v) is 28.7. The molecule has 0 aromatic rings. The molecule has 14 N–H and O–H groups in total. The van der Waals surface area contributed by atoms with Crippen LogP contribution < -0.4 is 64.6 Å². The number of primary amides is 2. The fraction of sp³-hybridized carbons (Fsp3) is 0.784. The SMILES string of the molecule is CC(=O)CN[C@@H](CCCCNC(=O)COCCOCCNC(=O)COCCOCCNC(=O)CCCC(=O)NCCCC[C@H](NC(=O)CCCC[C@@H]1SC[C@@H]2NC(=O)N[C@@H]21)C(=O)NCCCC[C@H](NCC(C)=O)C(N)=O)C(N)=O.[HH].[HH]. The van der Waals surface area contributed by atoms with Crippen molar-refractivity contribution in [2.45, 2.75) is 152 Å². The quantitative estimate of drug-likeness (QED) is 0.0233. The Morgan fingerprint density at radius 1 is 0.532 bits per heavy atom. The van der Waals surface area contributed by atoms with Crippen molar-refractivity contribution in [2.75, 3.05) is 104 Å². The van der Waals surface area contributed by atoms with Gasteiger partial charge in [-0.3, -0.25) is 58.6 Å². The van der Waals surface area contributed by atoms with E-state index in [1.807, 2.05) is 11.8 Å². The zero-order valence-corrected chi connectivity index (χ0v) is 47.1. The van der Waals surface area contributed by atoms with Crippen molar-refractivity contribution < 1.29 is 74.5 Å². The minimum Gasteiger partial charge on any atom is -0.377 e. The predicted octanol–water partition coefficient (Wildman–Crippen LogP) is -1.92. The largest absolute Gasteiger partial charge is 0.377 e. The van der Waals surface area contributed by atoms with Crippen LogP contribution in [0.2, 0.25) is 0 Å². The molecule has 0 unspecified atom stereocenters. The zero-order valence-electron chi connectivity index (χ0n) is 46.3. The number of nitrogens with two attached hydrogens (primary N) is 2. The van der Waals surface area contributed by atoms with Crippen LogP contribution in [-0.2, 0) is 66.9 Å². The number of urea groups is 1. The van der Waals surface area contributed by atoms with E-state index in [4.69, 9.17) is 30.4 Å². The minimum absolute atomic E-state index is 0. The highest BCUT2D eigenvalue weighted by atomic mass is 32.2. The number of rotatable bonds is 50. The average Bonchev–Trinajstić information content (AvgIpc) is 3.96. The number of thioether (sulfide) groups is 1. The van der Waals surface area contributed by atoms with E-state index in [0.717, 1.165) is 18.6 Å². The van der Waals surface area contributed by atoms with Gasteiger partial charge in [0.05, 0.1) is 76.9 Å². The van der Waals surface area contributed by atoms with Crippen molar-refractivity contribution in [2.24, 2.45) is 11.5 Å². The second-order valence-corrected chi connectivity index (χ2v) is 20.7. The smallest absolute Gasteiger partial charge is 0.315 e. The summed E-state index contributed by atoms with van der Waals surface area (Å²) < 4.78 is 21.4. The number of carbonyl (C=O) groups is 11. The second kappa shape index (κ2) is 43.3. The molecule has 2 fully saturated rings. The van der Waals surface area contributed by atoms with Gasteiger partial charge in [-0.2, -0.15) is 11.8 Å². The number of fused-ring (bicyclic) bond motifs is 1. The lowest BCUT2D eigenvalue weighted by molar-refractivity contribution is -0.129. The van der Waals surface area contributed by atoms with E-state index in [1.165, 1.54) is 13.8 Å². The van der Waals surface area contributed by atoms with Crippen LogP contribution in [0.3, 0.4) is 0 Å². The third-order valence-corrected chi connectivity index (χ3v) is 14.0. The molecule has 2 heterocycles. The minimum atomic E-state index is -0.790. The third-order valence-electron chi connectivity index (χ3n) is 12.5. The monoisotopic (exact) mass is 1150 g/mol. The van der Waals surface area contributed by atoms with Crippen molar-refractivity contribution in [3.8, 4) is 0 Å². The predicted molar refractivity (Wildman–Crippen MR) is 297 cm³/mol. The van der Waals surface area contributed by atoms with Crippen LogP contribution in [0.5, 0.6) is 0 Å². The molecular weight excluding hydrogens is 1050 g/mol. The van der Waals surface area contributed by atoms with E-state index >= 15 is 0 Å². The lowest BCUT2D eigenvalue weighted by atomic mass is 10.0. The molecule has 0 saturated carbocycles. The fourth-order valence-electron chi connectivity index (χ4n) is 8.23. The van der Waals surface area contributed by atoms with Crippen molar-refractivity contribution in [1.82, 2.24) is 53.2 Å². The molecule has 0 radical (unpaired) electrons. The molecule has 27 nitrogen and oxygen atoms in total. The van der Waals surface area contributed by atoms with Gasteiger partial charge in [0.15, 0.2) is 0 Å². The van der Waals surface area contributed by atoms with Gasteiger partial charge in [0.2, 0.25) is 47.3 Å². The Kier molecular flexibility index (Phi) is 38.1. The summed E-state index contributed by atoms with van der Waals surface area (Å²) in [4.78, 5) is 132. The number of ketones is 2. The molecule has 0 aromatic heterocycles. The average molecular weight is 1150 g/mol. The van der Waals surface area contributed by atoms with Crippen molar-refractivity contribution in [3.05, 3.63) is 0 Å². The molecule has 0 spiro atoms. The Morgan fingerprint density at radius 3 is 1.51 bits per heavy atom. The third kappa shape index (κ3) is 35.7. The normalized spacial score (nSPS) is 16.5. The Labute approximate surface area is 470 Å². The van der Waals surface area contributed by atoms with Gasteiger partial charge in [0.1, 0.15) is 30.8 Å². The van der Waals surface area contributed by atoms with Gasteiger partial charge in [0, 0.05) is 65.8 Å². The van der Waals surface area contributed by atoms with Gasteiger partial charge in [-0.1, -0.05) is 6.42 Å².